The minimum absolute atomic E-state index is 0.0255. The first-order chi connectivity index (χ1) is 16.0. The number of aliphatic hydroxyl groups is 2. The lowest BCUT2D eigenvalue weighted by atomic mass is 9.95. The van der Waals surface area contributed by atoms with E-state index >= 15 is 0 Å². The number of carbonyl (C=O) groups excluding carboxylic acids is 1. The van der Waals surface area contributed by atoms with Crippen LogP contribution in [0.25, 0.3) is 0 Å². The van der Waals surface area contributed by atoms with Crippen LogP contribution in [-0.4, -0.2) is 77.2 Å². The summed E-state index contributed by atoms with van der Waals surface area (Å²) in [5, 5.41) is 41.9. The Labute approximate surface area is 191 Å². The number of rotatable bonds is 8. The lowest BCUT2D eigenvalue weighted by Crippen LogP contribution is -2.57. The lowest BCUT2D eigenvalue weighted by Gasteiger charge is -2.26. The first kappa shape index (κ1) is 25.0. The second kappa shape index (κ2) is 10.1. The average Bonchev–Trinajstić information content (AvgIpc) is 3.07. The van der Waals surface area contributed by atoms with Crippen molar-refractivity contribution < 1.29 is 34.8 Å². The summed E-state index contributed by atoms with van der Waals surface area (Å²) in [5.41, 5.74) is 4.89. The molecule has 1 saturated heterocycles. The van der Waals surface area contributed by atoms with Gasteiger partial charge in [0.2, 0.25) is 5.91 Å². The molecule has 0 aromatic carbocycles. The van der Waals surface area contributed by atoms with E-state index in [0.717, 1.165) is 16.8 Å². The molecule has 0 aliphatic carbocycles. The monoisotopic (exact) mass is 479 g/mol. The number of hydrogen-bond acceptors (Lipinski definition) is 10. The van der Waals surface area contributed by atoms with Crippen molar-refractivity contribution in [2.45, 2.75) is 50.0 Å². The highest BCUT2D eigenvalue weighted by Crippen LogP contribution is 2.30. The molecule has 14 heteroatoms. The Bertz CT molecular complexity index is 1150. The maximum absolute atomic E-state index is 12.7. The van der Waals surface area contributed by atoms with E-state index in [2.05, 4.69) is 10.3 Å². The van der Waals surface area contributed by atoms with E-state index in [0.29, 0.717) is 5.69 Å². The van der Waals surface area contributed by atoms with Gasteiger partial charge in [-0.3, -0.25) is 24.1 Å². The molecule has 1 fully saturated rings. The maximum Gasteiger partial charge on any atom is 0.330 e. The average molecular weight is 479 g/mol. The summed E-state index contributed by atoms with van der Waals surface area (Å²) in [5.74, 6) is -2.94. The van der Waals surface area contributed by atoms with E-state index in [1.54, 1.807) is 13.0 Å². The Hall–Kier alpha value is -3.59. The van der Waals surface area contributed by atoms with Crippen molar-refractivity contribution >= 4 is 11.9 Å². The summed E-state index contributed by atoms with van der Waals surface area (Å²) in [6.07, 6.45) is -4.17. The van der Waals surface area contributed by atoms with Gasteiger partial charge >= 0.3 is 11.7 Å². The van der Waals surface area contributed by atoms with Crippen LogP contribution in [0.3, 0.4) is 0 Å². The number of aliphatic carboxylic acids is 1. The van der Waals surface area contributed by atoms with Crippen LogP contribution in [0.4, 0.5) is 0 Å². The van der Waals surface area contributed by atoms with Crippen molar-refractivity contribution in [3.05, 3.63) is 57.1 Å². The van der Waals surface area contributed by atoms with Crippen LogP contribution in [0.1, 0.15) is 18.8 Å². The number of aromatic hydroxyl groups is 1. The van der Waals surface area contributed by atoms with E-state index in [9.17, 15) is 39.6 Å². The molecule has 7 atom stereocenters. The first-order valence-electron chi connectivity index (χ1n) is 10.2. The quantitative estimate of drug-likeness (QED) is 0.202. The Morgan fingerprint density at radius 1 is 1.26 bits per heavy atom. The van der Waals surface area contributed by atoms with Gasteiger partial charge in [0, 0.05) is 18.0 Å². The molecular weight excluding hydrogens is 454 g/mol. The molecule has 3 heterocycles. The first-order valence-corrected chi connectivity index (χ1v) is 10.2. The van der Waals surface area contributed by atoms with Crippen molar-refractivity contribution in [3.8, 4) is 5.75 Å². The van der Waals surface area contributed by atoms with Gasteiger partial charge in [0.1, 0.15) is 24.1 Å². The molecule has 1 aliphatic heterocycles. The van der Waals surface area contributed by atoms with Gasteiger partial charge in [-0.1, -0.05) is 6.92 Å². The van der Waals surface area contributed by atoms with Crippen LogP contribution in [0.15, 0.2) is 40.2 Å². The topological polar surface area (TPSA) is 230 Å². The standard InChI is InChI=1S/C20H25N5O9/c1-8(6-9-2-3-10(26)7-22-9)12(21)17(30)24-13(19(31)32)16-14(28)15(29)18(34-16)25-5-4-11(27)23-20(25)33/h2-5,7-8,12-16,18,26,28-29H,6,21H2,1H3,(H,24,30)(H,31,32)(H,23,27,33)/t8-,12+,13+,14+,15-,16-,18-/m1/s1. The number of nitrogens with two attached hydrogens (primary N) is 1. The van der Waals surface area contributed by atoms with E-state index < -0.39 is 65.7 Å². The molecule has 0 unspecified atom stereocenters. The minimum Gasteiger partial charge on any atom is -0.506 e. The largest absolute Gasteiger partial charge is 0.506 e. The summed E-state index contributed by atoms with van der Waals surface area (Å²) in [6.45, 7) is 1.65. The van der Waals surface area contributed by atoms with Crippen molar-refractivity contribution in [1.29, 1.82) is 0 Å². The van der Waals surface area contributed by atoms with E-state index in [1.807, 2.05) is 4.98 Å². The van der Waals surface area contributed by atoms with Crippen molar-refractivity contribution in [2.75, 3.05) is 0 Å². The third-order valence-electron chi connectivity index (χ3n) is 5.55. The molecule has 0 radical (unpaired) electrons. The zero-order valence-electron chi connectivity index (χ0n) is 17.9. The fourth-order valence-corrected chi connectivity index (χ4v) is 3.61. The Kier molecular flexibility index (Phi) is 7.46. The van der Waals surface area contributed by atoms with Gasteiger partial charge in [0.15, 0.2) is 12.3 Å². The number of carbonyl (C=O) groups is 2. The number of ether oxygens (including phenoxy) is 1. The fraction of sp³-hybridized carbons (Fsp3) is 0.450. The van der Waals surface area contributed by atoms with Gasteiger partial charge in [0.25, 0.3) is 5.56 Å². The van der Waals surface area contributed by atoms with Gasteiger partial charge in [-0.15, -0.1) is 0 Å². The van der Waals surface area contributed by atoms with Gasteiger partial charge in [-0.2, -0.15) is 0 Å². The zero-order valence-corrected chi connectivity index (χ0v) is 17.9. The highest BCUT2D eigenvalue weighted by Gasteiger charge is 2.50. The molecule has 2 aromatic rings. The van der Waals surface area contributed by atoms with Crippen LogP contribution in [-0.2, 0) is 20.7 Å². The normalized spacial score (nSPS) is 24.8. The summed E-state index contributed by atoms with van der Waals surface area (Å²) in [7, 11) is 0. The van der Waals surface area contributed by atoms with Crippen LogP contribution in [0, 0.1) is 5.92 Å². The molecule has 0 saturated carbocycles. The van der Waals surface area contributed by atoms with E-state index in [-0.39, 0.29) is 12.2 Å². The lowest BCUT2D eigenvalue weighted by molar-refractivity contribution is -0.149. The maximum atomic E-state index is 12.7. The SMILES string of the molecule is C[C@H](Cc1ccc(O)cn1)[C@H](N)C(=O)N[C@H](C(=O)O)[C@H]1O[C@@H](n2ccc(=O)[nH]c2=O)[C@H](O)[C@@H]1O. The second-order valence-electron chi connectivity index (χ2n) is 8.03. The molecule has 14 nitrogen and oxygen atoms in total. The number of H-pyrrole nitrogens is 1. The smallest absolute Gasteiger partial charge is 0.330 e. The molecule has 3 rings (SSSR count). The second-order valence-corrected chi connectivity index (χ2v) is 8.03. The molecule has 184 valence electrons. The Balaban J connectivity index is 1.73. The highest BCUT2D eigenvalue weighted by molar-refractivity contribution is 5.87. The van der Waals surface area contributed by atoms with Gasteiger partial charge in [0.05, 0.1) is 12.2 Å². The predicted octanol–water partition coefficient (Wildman–Crippen LogP) is -2.97. The number of nitrogens with one attached hydrogen (secondary N) is 2. The molecule has 0 spiro atoms. The van der Waals surface area contributed by atoms with Crippen LogP contribution < -0.4 is 22.3 Å². The number of aliphatic hydroxyl groups excluding tert-OH is 2. The Morgan fingerprint density at radius 2 is 1.97 bits per heavy atom. The van der Waals surface area contributed by atoms with Crippen molar-refractivity contribution in [1.82, 2.24) is 19.9 Å². The number of nitrogens with zero attached hydrogens (tertiary/aromatic N) is 2. The van der Waals surface area contributed by atoms with E-state index in [4.69, 9.17) is 10.5 Å². The van der Waals surface area contributed by atoms with Crippen molar-refractivity contribution in [3.63, 3.8) is 0 Å². The summed E-state index contributed by atoms with van der Waals surface area (Å²) >= 11 is 0. The summed E-state index contributed by atoms with van der Waals surface area (Å²) in [4.78, 5) is 53.8. The molecule has 34 heavy (non-hydrogen) atoms. The van der Waals surface area contributed by atoms with Crippen molar-refractivity contribution in [2.24, 2.45) is 11.7 Å². The highest BCUT2D eigenvalue weighted by atomic mass is 16.6. The van der Waals surface area contributed by atoms with Gasteiger partial charge < -0.3 is 36.2 Å². The number of carboxylic acids is 1. The predicted molar refractivity (Wildman–Crippen MR) is 114 cm³/mol. The van der Waals surface area contributed by atoms with Crippen LogP contribution in [0.5, 0.6) is 5.75 Å². The number of carboxylic acid groups (broad SMARTS) is 1. The number of hydrogen-bond donors (Lipinski definition) is 7. The minimum atomic E-state index is -1.81. The molecule has 2 aromatic heterocycles. The summed E-state index contributed by atoms with van der Waals surface area (Å²) in [6, 6.07) is 0.982. The number of amides is 1. The molecule has 1 aliphatic rings. The fourth-order valence-electron chi connectivity index (χ4n) is 3.61. The molecular formula is C20H25N5O9. The number of aromatic nitrogens is 3. The third-order valence-corrected chi connectivity index (χ3v) is 5.55. The van der Waals surface area contributed by atoms with Gasteiger partial charge in [-0.05, 0) is 24.5 Å². The Morgan fingerprint density at radius 3 is 2.56 bits per heavy atom. The van der Waals surface area contributed by atoms with Gasteiger partial charge in [-0.25, -0.2) is 9.59 Å². The number of pyridine rings is 1. The molecule has 8 N–H and O–H groups in total. The third kappa shape index (κ3) is 5.31. The zero-order chi connectivity index (χ0) is 25.2. The van der Waals surface area contributed by atoms with Crippen LogP contribution in [0.2, 0.25) is 0 Å². The number of aromatic amines is 1. The molecule has 1 amide bonds. The molecule has 0 bridgehead atoms. The van der Waals surface area contributed by atoms with Crippen LogP contribution >= 0.6 is 0 Å². The summed E-state index contributed by atoms with van der Waals surface area (Å²) < 4.78 is 6.22. The van der Waals surface area contributed by atoms with E-state index in [1.165, 1.54) is 12.3 Å².